The molecule has 0 bridgehead atoms. The minimum atomic E-state index is 0.658. The lowest BCUT2D eigenvalue weighted by Gasteiger charge is -1.91. The number of rotatable bonds is 5. The van der Waals surface area contributed by atoms with Crippen molar-refractivity contribution in [2.45, 2.75) is 10.1 Å². The predicted molar refractivity (Wildman–Crippen MR) is 99.3 cm³/mol. The molecule has 118 valence electrons. The van der Waals surface area contributed by atoms with Crippen LogP contribution < -0.4 is 0 Å². The molecule has 0 amide bonds. The highest BCUT2D eigenvalue weighted by Crippen LogP contribution is 2.29. The second-order valence-electron chi connectivity index (χ2n) is 5.01. The van der Waals surface area contributed by atoms with Gasteiger partial charge in [0.25, 0.3) is 0 Å². The minimum absolute atomic E-state index is 0.658. The summed E-state index contributed by atoms with van der Waals surface area (Å²) in [6.45, 7) is 0. The topological polar surface area (TPSA) is 66.8 Å². The van der Waals surface area contributed by atoms with E-state index in [9.17, 15) is 0 Å². The summed E-state index contributed by atoms with van der Waals surface area (Å²) in [7, 11) is 0. The van der Waals surface area contributed by atoms with Crippen molar-refractivity contribution in [1.29, 1.82) is 0 Å². The molecule has 0 atom stereocenters. The van der Waals surface area contributed by atoms with E-state index in [4.69, 9.17) is 0 Å². The SMILES string of the molecule is C(=Nc1nnc(SCc2nc3ccccc3[nH]2)s1)c1ccccc1. The van der Waals surface area contributed by atoms with Gasteiger partial charge in [-0.1, -0.05) is 65.6 Å². The standard InChI is InChI=1S/C17H13N5S2/c1-2-6-12(7-3-1)10-18-16-21-22-17(24-16)23-11-15-19-13-8-4-5-9-14(13)20-15/h1-10H,11H2,(H,19,20). The van der Waals surface area contributed by atoms with E-state index in [0.29, 0.717) is 5.13 Å². The Labute approximate surface area is 146 Å². The first-order valence-electron chi connectivity index (χ1n) is 7.36. The number of nitrogens with zero attached hydrogens (tertiary/aromatic N) is 4. The molecule has 0 unspecified atom stereocenters. The largest absolute Gasteiger partial charge is 0.341 e. The summed E-state index contributed by atoms with van der Waals surface area (Å²) < 4.78 is 0.885. The zero-order chi connectivity index (χ0) is 16.2. The van der Waals surface area contributed by atoms with E-state index < -0.39 is 0 Å². The van der Waals surface area contributed by atoms with Crippen molar-refractivity contribution in [1.82, 2.24) is 20.2 Å². The van der Waals surface area contributed by atoms with Crippen LogP contribution in [-0.2, 0) is 5.75 Å². The molecule has 0 aliphatic carbocycles. The summed E-state index contributed by atoms with van der Waals surface area (Å²) >= 11 is 3.09. The number of fused-ring (bicyclic) bond motifs is 1. The Bertz CT molecular complexity index is 942. The quantitative estimate of drug-likeness (QED) is 0.426. The Kier molecular flexibility index (Phi) is 4.35. The Morgan fingerprint density at radius 3 is 2.75 bits per heavy atom. The highest BCUT2D eigenvalue weighted by atomic mass is 32.2. The highest BCUT2D eigenvalue weighted by molar-refractivity contribution is 8.00. The number of hydrogen-bond acceptors (Lipinski definition) is 6. The molecule has 2 aromatic heterocycles. The van der Waals surface area contributed by atoms with Gasteiger partial charge < -0.3 is 4.98 Å². The van der Waals surface area contributed by atoms with Gasteiger partial charge in [-0.3, -0.25) is 0 Å². The van der Waals surface area contributed by atoms with E-state index in [-0.39, 0.29) is 0 Å². The van der Waals surface area contributed by atoms with Gasteiger partial charge in [-0.15, -0.1) is 10.2 Å². The molecule has 0 aliphatic heterocycles. The molecule has 4 aromatic rings. The van der Waals surface area contributed by atoms with Gasteiger partial charge in [0.2, 0.25) is 5.13 Å². The number of para-hydroxylation sites is 2. The second-order valence-corrected chi connectivity index (χ2v) is 7.19. The third-order valence-electron chi connectivity index (χ3n) is 3.29. The lowest BCUT2D eigenvalue weighted by atomic mass is 10.2. The van der Waals surface area contributed by atoms with Crippen LogP contribution >= 0.6 is 23.1 Å². The van der Waals surface area contributed by atoms with E-state index in [1.807, 2.05) is 54.6 Å². The normalized spacial score (nSPS) is 11.5. The monoisotopic (exact) mass is 351 g/mol. The predicted octanol–water partition coefficient (Wildman–Crippen LogP) is 4.46. The number of nitrogens with one attached hydrogen (secondary N) is 1. The summed E-state index contributed by atoms with van der Waals surface area (Å²) in [6, 6.07) is 18.0. The minimum Gasteiger partial charge on any atom is -0.341 e. The molecule has 2 aromatic carbocycles. The van der Waals surface area contributed by atoms with Gasteiger partial charge in [0.1, 0.15) is 5.82 Å². The molecular weight excluding hydrogens is 338 g/mol. The molecule has 2 heterocycles. The third-order valence-corrected chi connectivity index (χ3v) is 5.27. The average molecular weight is 351 g/mol. The fourth-order valence-corrected chi connectivity index (χ4v) is 3.74. The van der Waals surface area contributed by atoms with E-state index in [0.717, 1.165) is 32.5 Å². The van der Waals surface area contributed by atoms with Crippen LogP contribution in [0.1, 0.15) is 11.4 Å². The van der Waals surface area contributed by atoms with Crippen LogP contribution in [0.5, 0.6) is 0 Å². The van der Waals surface area contributed by atoms with Gasteiger partial charge in [0.15, 0.2) is 4.34 Å². The number of aromatic nitrogens is 4. The number of imidazole rings is 1. The first kappa shape index (κ1) is 15.0. The molecule has 5 nitrogen and oxygen atoms in total. The maximum atomic E-state index is 4.56. The first-order valence-corrected chi connectivity index (χ1v) is 9.16. The molecule has 1 N–H and O–H groups in total. The van der Waals surface area contributed by atoms with Crippen molar-refractivity contribution >= 4 is 45.5 Å². The summed E-state index contributed by atoms with van der Waals surface area (Å²) in [6.07, 6.45) is 1.80. The van der Waals surface area contributed by atoms with Gasteiger partial charge in [-0.2, -0.15) is 0 Å². The Morgan fingerprint density at radius 2 is 1.88 bits per heavy atom. The third kappa shape index (κ3) is 3.52. The molecule has 0 radical (unpaired) electrons. The number of aromatic amines is 1. The number of thioether (sulfide) groups is 1. The lowest BCUT2D eigenvalue weighted by Crippen LogP contribution is -1.82. The van der Waals surface area contributed by atoms with Crippen LogP contribution in [0.2, 0.25) is 0 Å². The Hall–Kier alpha value is -2.51. The van der Waals surface area contributed by atoms with Crippen LogP contribution in [0.4, 0.5) is 5.13 Å². The second kappa shape index (κ2) is 6.94. The summed E-state index contributed by atoms with van der Waals surface area (Å²) in [5, 5.41) is 8.94. The van der Waals surface area contributed by atoms with E-state index in [1.54, 1.807) is 18.0 Å². The molecule has 7 heteroatoms. The summed E-state index contributed by atoms with van der Waals surface area (Å²) in [5.74, 6) is 1.66. The number of hydrogen-bond donors (Lipinski definition) is 1. The van der Waals surface area contributed by atoms with Crippen LogP contribution in [0.3, 0.4) is 0 Å². The van der Waals surface area contributed by atoms with Crippen LogP contribution in [0, 0.1) is 0 Å². The van der Waals surface area contributed by atoms with E-state index >= 15 is 0 Å². The molecule has 24 heavy (non-hydrogen) atoms. The number of aliphatic imine (C=N–C) groups is 1. The lowest BCUT2D eigenvalue weighted by molar-refractivity contribution is 1.01. The first-order chi connectivity index (χ1) is 11.9. The zero-order valence-electron chi connectivity index (χ0n) is 12.6. The van der Waals surface area contributed by atoms with Gasteiger partial charge >= 0.3 is 0 Å². The maximum Gasteiger partial charge on any atom is 0.232 e. The maximum absolute atomic E-state index is 4.56. The van der Waals surface area contributed by atoms with Crippen LogP contribution in [0.25, 0.3) is 11.0 Å². The van der Waals surface area contributed by atoms with Gasteiger partial charge in [-0.25, -0.2) is 9.98 Å². The van der Waals surface area contributed by atoms with Crippen LogP contribution in [0.15, 0.2) is 63.9 Å². The number of benzene rings is 2. The Balaban J connectivity index is 1.41. The number of H-pyrrole nitrogens is 1. The smallest absolute Gasteiger partial charge is 0.232 e. The van der Waals surface area contributed by atoms with E-state index in [2.05, 4.69) is 25.2 Å². The average Bonchev–Trinajstić information content (AvgIpc) is 3.25. The molecular formula is C17H13N5S2. The highest BCUT2D eigenvalue weighted by Gasteiger charge is 2.07. The molecule has 0 spiro atoms. The fourth-order valence-electron chi connectivity index (χ4n) is 2.19. The van der Waals surface area contributed by atoms with Crippen molar-refractivity contribution in [3.8, 4) is 0 Å². The summed E-state index contributed by atoms with van der Waals surface area (Å²) in [5.41, 5.74) is 3.08. The zero-order valence-corrected chi connectivity index (χ0v) is 14.2. The van der Waals surface area contributed by atoms with Gasteiger partial charge in [0, 0.05) is 6.21 Å². The fraction of sp³-hybridized carbons (Fsp3) is 0.0588. The van der Waals surface area contributed by atoms with Crippen molar-refractivity contribution in [3.05, 3.63) is 66.0 Å². The molecule has 0 saturated heterocycles. The summed E-state index contributed by atoms with van der Waals surface area (Å²) in [4.78, 5) is 12.2. The van der Waals surface area contributed by atoms with E-state index in [1.165, 1.54) is 11.3 Å². The molecule has 0 saturated carbocycles. The van der Waals surface area contributed by atoms with Gasteiger partial charge in [-0.05, 0) is 17.7 Å². The Morgan fingerprint density at radius 1 is 1.04 bits per heavy atom. The van der Waals surface area contributed by atoms with Gasteiger partial charge in [0.05, 0.1) is 16.8 Å². The van der Waals surface area contributed by atoms with Crippen molar-refractivity contribution in [2.24, 2.45) is 4.99 Å². The van der Waals surface area contributed by atoms with Crippen molar-refractivity contribution in [3.63, 3.8) is 0 Å². The molecule has 4 rings (SSSR count). The molecule has 0 fully saturated rings. The molecule has 0 aliphatic rings. The van der Waals surface area contributed by atoms with Crippen molar-refractivity contribution < 1.29 is 0 Å². The van der Waals surface area contributed by atoms with Crippen molar-refractivity contribution in [2.75, 3.05) is 0 Å². The van der Waals surface area contributed by atoms with Crippen LogP contribution in [-0.4, -0.2) is 26.4 Å².